The Hall–Kier alpha value is -10.2. The van der Waals surface area contributed by atoms with Gasteiger partial charge in [0, 0.05) is 85.0 Å². The maximum atomic E-state index is 16.5. The average molecular weight is 992 g/mol. The van der Waals surface area contributed by atoms with Crippen LogP contribution in [0.4, 0.5) is 16.0 Å². The number of ether oxygens (including phenoxy) is 3. The SMILES string of the molecule is C#Cc1ncc(-c2c(-c3ccc(Oc4nccc(CCc5nc(C#CCOC)ncc5-c5c(-c6ccc(Oc7nccc(C)n7)cc6)c6c(N)ncnc6n5C)n4)c(F)c3)c3c(N)ncnc3n2C)c2ccccc12. The molecule has 0 bridgehead atoms. The van der Waals surface area contributed by atoms with E-state index in [4.69, 9.17) is 42.1 Å². The molecule has 0 fully saturated rings. The number of terminal acetylenes is 1. The van der Waals surface area contributed by atoms with Crippen molar-refractivity contribution >= 4 is 44.5 Å². The number of hydrogen-bond acceptors (Lipinski definition) is 16. The number of fused-ring (bicyclic) bond motifs is 3. The molecule has 0 atom stereocenters. The molecule has 4 N–H and O–H groups in total. The molecule has 11 aromatic rings. The van der Waals surface area contributed by atoms with Gasteiger partial charge in [0.2, 0.25) is 5.82 Å². The van der Waals surface area contributed by atoms with E-state index < -0.39 is 5.82 Å². The monoisotopic (exact) mass is 991 g/mol. The lowest BCUT2D eigenvalue weighted by molar-refractivity contribution is 0.240. The Balaban J connectivity index is 0.919. The molecule has 11 rings (SSSR count). The fraction of sp³-hybridized carbons (Fsp3) is 0.125. The standard InChI is InChI=1S/C56H42FN15O3/c1-6-41-37-11-8-7-10-36(37)38(27-62-41)49-46(48-52(59)65-30-67-54(48)71(49)3)33-15-20-43(40(57)26-33)75-56-61-24-22-34(69-56)16-19-42-39(28-63-44(70-42)12-9-25-73-5)50-45(47-51(58)64-29-66-53(47)72(50)4)32-13-17-35(18-14-32)74-55-60-23-21-31(2)68-55/h1,7-8,10-11,13-15,17-18,20-24,26-30H,16,19,25H2,2-5H3,(H2,58,64,66)(H2,59,65,67). The Morgan fingerprint density at radius 3 is 2.01 bits per heavy atom. The molecule has 3 aromatic carbocycles. The van der Waals surface area contributed by atoms with Crippen LogP contribution < -0.4 is 20.9 Å². The molecule has 19 heteroatoms. The molecule has 8 aromatic heterocycles. The van der Waals surface area contributed by atoms with Crippen molar-refractivity contribution in [1.82, 2.24) is 64.0 Å². The minimum atomic E-state index is -0.670. The van der Waals surface area contributed by atoms with Gasteiger partial charge >= 0.3 is 12.0 Å². The minimum Gasteiger partial charge on any atom is -0.424 e. The van der Waals surface area contributed by atoms with Crippen molar-refractivity contribution in [1.29, 1.82) is 0 Å². The summed E-state index contributed by atoms with van der Waals surface area (Å²) < 4.78 is 37.6. The van der Waals surface area contributed by atoms with Crippen LogP contribution in [0, 0.1) is 36.9 Å². The highest BCUT2D eigenvalue weighted by molar-refractivity contribution is 6.12. The molecule has 0 aliphatic heterocycles. The third-order valence-corrected chi connectivity index (χ3v) is 12.6. The molecular weight excluding hydrogens is 950 g/mol. The largest absolute Gasteiger partial charge is 0.424 e. The van der Waals surface area contributed by atoms with Gasteiger partial charge in [-0.1, -0.05) is 48.4 Å². The lowest BCUT2D eigenvalue weighted by Crippen LogP contribution is -2.06. The van der Waals surface area contributed by atoms with Crippen molar-refractivity contribution in [3.05, 3.63) is 151 Å². The van der Waals surface area contributed by atoms with Gasteiger partial charge in [-0.15, -0.1) is 6.42 Å². The molecule has 0 unspecified atom stereocenters. The fourth-order valence-corrected chi connectivity index (χ4v) is 9.21. The fourth-order valence-electron chi connectivity index (χ4n) is 9.21. The first kappa shape index (κ1) is 47.1. The minimum absolute atomic E-state index is 0.0609. The zero-order chi connectivity index (χ0) is 51.7. The number of aromatic nitrogens is 13. The van der Waals surface area contributed by atoms with Crippen molar-refractivity contribution in [3.63, 3.8) is 0 Å². The van der Waals surface area contributed by atoms with Crippen LogP contribution in [0.25, 0.3) is 77.6 Å². The highest BCUT2D eigenvalue weighted by atomic mass is 19.1. The van der Waals surface area contributed by atoms with E-state index >= 15 is 4.39 Å². The van der Waals surface area contributed by atoms with E-state index in [1.807, 2.05) is 78.7 Å². The zero-order valence-corrected chi connectivity index (χ0v) is 40.7. The molecule has 75 heavy (non-hydrogen) atoms. The summed E-state index contributed by atoms with van der Waals surface area (Å²) in [4.78, 5) is 49.8. The Bertz CT molecular complexity index is 4160. The second kappa shape index (κ2) is 19.8. The van der Waals surface area contributed by atoms with Crippen LogP contribution in [-0.4, -0.2) is 77.7 Å². The van der Waals surface area contributed by atoms with Gasteiger partial charge in [-0.2, -0.15) is 4.98 Å². The molecule has 18 nitrogen and oxygen atoms in total. The van der Waals surface area contributed by atoms with Crippen LogP contribution in [0.15, 0.2) is 116 Å². The van der Waals surface area contributed by atoms with Crippen molar-refractivity contribution < 1.29 is 18.6 Å². The van der Waals surface area contributed by atoms with Gasteiger partial charge in [-0.05, 0) is 84.5 Å². The number of nitrogens with zero attached hydrogens (tertiary/aromatic N) is 13. The summed E-state index contributed by atoms with van der Waals surface area (Å²) >= 11 is 0. The molecule has 0 amide bonds. The van der Waals surface area contributed by atoms with E-state index in [-0.39, 0.29) is 30.2 Å². The lowest BCUT2D eigenvalue weighted by atomic mass is 9.96. The maximum absolute atomic E-state index is 16.5. The Kier molecular flexibility index (Phi) is 12.4. The first-order valence-corrected chi connectivity index (χ1v) is 23.3. The quantitative estimate of drug-likeness (QED) is 0.109. The summed E-state index contributed by atoms with van der Waals surface area (Å²) in [5.41, 5.74) is 22.4. The van der Waals surface area contributed by atoms with Crippen LogP contribution in [0.1, 0.15) is 28.6 Å². The molecule has 0 saturated heterocycles. The topological polar surface area (TPSA) is 231 Å². The highest BCUT2D eigenvalue weighted by Crippen LogP contribution is 2.46. The third kappa shape index (κ3) is 8.85. The van der Waals surface area contributed by atoms with Crippen LogP contribution in [-0.2, 0) is 31.7 Å². The molecule has 0 aliphatic rings. The number of nitrogen functional groups attached to an aromatic ring is 2. The molecule has 0 radical (unpaired) electrons. The summed E-state index contributed by atoms with van der Waals surface area (Å²) in [6, 6.07) is 23.6. The number of rotatable bonds is 12. The predicted octanol–water partition coefficient (Wildman–Crippen LogP) is 8.80. The van der Waals surface area contributed by atoms with E-state index in [9.17, 15) is 0 Å². The Morgan fingerprint density at radius 1 is 0.667 bits per heavy atom. The summed E-state index contributed by atoms with van der Waals surface area (Å²) in [5, 5.41) is 2.84. The van der Waals surface area contributed by atoms with Crippen molar-refractivity contribution in [2.45, 2.75) is 19.8 Å². The molecule has 0 spiro atoms. The molecule has 0 saturated carbocycles. The van der Waals surface area contributed by atoms with Gasteiger partial charge < -0.3 is 34.8 Å². The lowest BCUT2D eigenvalue weighted by Gasteiger charge is -2.14. The van der Waals surface area contributed by atoms with Crippen LogP contribution in [0.3, 0.4) is 0 Å². The van der Waals surface area contributed by atoms with Crippen LogP contribution >= 0.6 is 0 Å². The first-order valence-electron chi connectivity index (χ1n) is 23.3. The number of halogens is 1. The molecular formula is C56H42FN15O3. The first-order chi connectivity index (χ1) is 36.6. The molecule has 366 valence electrons. The number of hydrogen-bond donors (Lipinski definition) is 2. The van der Waals surface area contributed by atoms with Gasteiger partial charge in [-0.3, -0.25) is 0 Å². The number of methoxy groups -OCH3 is 1. The summed E-state index contributed by atoms with van der Waals surface area (Å²) in [5.74, 6) is 9.23. The Morgan fingerprint density at radius 2 is 1.32 bits per heavy atom. The van der Waals surface area contributed by atoms with E-state index in [1.54, 1.807) is 50.1 Å². The molecule has 0 aliphatic carbocycles. The number of pyridine rings is 1. The number of anilines is 2. The number of benzene rings is 3. The molecule has 8 heterocycles. The van der Waals surface area contributed by atoms with Crippen molar-refractivity contribution in [3.8, 4) is 92.5 Å². The zero-order valence-electron chi connectivity index (χ0n) is 40.7. The average Bonchev–Trinajstić information content (AvgIpc) is 3.91. The smallest absolute Gasteiger partial charge is 0.322 e. The third-order valence-electron chi connectivity index (χ3n) is 12.6. The van der Waals surface area contributed by atoms with Gasteiger partial charge in [0.05, 0.1) is 27.9 Å². The maximum Gasteiger partial charge on any atom is 0.322 e. The van der Waals surface area contributed by atoms with Gasteiger partial charge in [0.15, 0.2) is 11.6 Å². The van der Waals surface area contributed by atoms with E-state index in [0.29, 0.717) is 91.8 Å². The van der Waals surface area contributed by atoms with Crippen molar-refractivity contribution in [2.75, 3.05) is 25.2 Å². The van der Waals surface area contributed by atoms with Crippen LogP contribution in [0.5, 0.6) is 23.5 Å². The van der Waals surface area contributed by atoms with Gasteiger partial charge in [-0.25, -0.2) is 54.2 Å². The Labute approximate surface area is 427 Å². The van der Waals surface area contributed by atoms with Crippen molar-refractivity contribution in [2.24, 2.45) is 14.1 Å². The normalized spacial score (nSPS) is 11.2. The number of aryl methyl sites for hydroxylation is 5. The summed E-state index contributed by atoms with van der Waals surface area (Å²) in [6.45, 7) is 2.06. The predicted molar refractivity (Wildman–Crippen MR) is 281 cm³/mol. The van der Waals surface area contributed by atoms with E-state index in [0.717, 1.165) is 38.9 Å². The van der Waals surface area contributed by atoms with Gasteiger partial charge in [0.1, 0.15) is 53.6 Å². The van der Waals surface area contributed by atoms with Crippen LogP contribution in [0.2, 0.25) is 0 Å². The number of nitrogens with two attached hydrogens (primary N) is 2. The summed E-state index contributed by atoms with van der Waals surface area (Å²) in [7, 11) is 5.33. The second-order valence-corrected chi connectivity index (χ2v) is 17.2. The van der Waals surface area contributed by atoms with E-state index in [1.165, 1.54) is 24.8 Å². The highest BCUT2D eigenvalue weighted by Gasteiger charge is 2.27. The van der Waals surface area contributed by atoms with E-state index in [2.05, 4.69) is 62.6 Å². The summed E-state index contributed by atoms with van der Waals surface area (Å²) in [6.07, 6.45) is 16.0. The van der Waals surface area contributed by atoms with Gasteiger partial charge in [0.25, 0.3) is 0 Å². The second-order valence-electron chi connectivity index (χ2n) is 17.2.